The van der Waals surface area contributed by atoms with Crippen LogP contribution in [0.5, 0.6) is 0 Å². The van der Waals surface area contributed by atoms with Gasteiger partial charge in [-0.3, -0.25) is 4.99 Å². The highest BCUT2D eigenvalue weighted by Gasteiger charge is 2.26. The lowest BCUT2D eigenvalue weighted by molar-refractivity contribution is -0.132. The molecule has 0 atom stereocenters. The Kier molecular flexibility index (Phi) is 12.5. The molecule has 0 bridgehead atoms. The van der Waals surface area contributed by atoms with Crippen LogP contribution in [0.15, 0.2) is 35.3 Å². The fourth-order valence-corrected chi connectivity index (χ4v) is 2.23. The van der Waals surface area contributed by atoms with Crippen molar-refractivity contribution >= 4 is 35.6 Å². The lowest BCUT2D eigenvalue weighted by Gasteiger charge is -2.22. The molecule has 0 aliphatic heterocycles. The summed E-state index contributed by atoms with van der Waals surface area (Å²) in [6.45, 7) is 6.74. The van der Waals surface area contributed by atoms with E-state index >= 15 is 0 Å². The molecule has 0 aromatic heterocycles. The molecule has 0 amide bonds. The van der Waals surface area contributed by atoms with E-state index in [0.29, 0.717) is 19.0 Å². The van der Waals surface area contributed by atoms with Gasteiger partial charge >= 0.3 is 6.18 Å². The number of nitrogens with one attached hydrogen (secondary N) is 2. The summed E-state index contributed by atoms with van der Waals surface area (Å²) in [4.78, 5) is 6.58. The number of rotatable bonds is 9. The number of alkyl halides is 3. The maximum Gasteiger partial charge on any atom is 0.390 e. The predicted octanol–water partition coefficient (Wildman–Crippen LogP) is 4.03. The monoisotopic (exact) mass is 472 g/mol. The van der Waals surface area contributed by atoms with Gasteiger partial charge in [-0.25, -0.2) is 0 Å². The van der Waals surface area contributed by atoms with Crippen molar-refractivity contribution in [3.8, 4) is 0 Å². The fraction of sp³-hybridized carbons (Fsp3) is 0.588. The van der Waals surface area contributed by atoms with Crippen LogP contribution < -0.4 is 15.5 Å². The summed E-state index contributed by atoms with van der Waals surface area (Å²) < 4.78 is 36.5. The molecule has 2 N–H and O–H groups in total. The lowest BCUT2D eigenvalue weighted by atomic mass is 10.2. The van der Waals surface area contributed by atoms with Gasteiger partial charge in [0, 0.05) is 38.4 Å². The smallest absolute Gasteiger partial charge is 0.372 e. The molecule has 1 aromatic rings. The number of hydrogen-bond donors (Lipinski definition) is 2. The normalized spacial score (nSPS) is 11.6. The van der Waals surface area contributed by atoms with E-state index in [1.54, 1.807) is 0 Å². The van der Waals surface area contributed by atoms with Crippen molar-refractivity contribution in [3.05, 3.63) is 30.3 Å². The van der Waals surface area contributed by atoms with Crippen LogP contribution >= 0.6 is 24.0 Å². The van der Waals surface area contributed by atoms with Gasteiger partial charge in [0.05, 0.1) is 6.42 Å². The number of guanidine groups is 1. The highest BCUT2D eigenvalue weighted by molar-refractivity contribution is 14.0. The van der Waals surface area contributed by atoms with Crippen LogP contribution in [-0.2, 0) is 0 Å². The second kappa shape index (κ2) is 13.1. The molecule has 1 rings (SSSR count). The molecule has 0 saturated carbocycles. The molecule has 0 aliphatic rings. The average Bonchev–Trinajstić information content (AvgIpc) is 2.54. The summed E-state index contributed by atoms with van der Waals surface area (Å²) in [7, 11) is 0. The van der Waals surface area contributed by atoms with E-state index < -0.39 is 12.6 Å². The minimum atomic E-state index is -4.15. The predicted molar refractivity (Wildman–Crippen MR) is 109 cm³/mol. The van der Waals surface area contributed by atoms with E-state index in [2.05, 4.69) is 39.6 Å². The van der Waals surface area contributed by atoms with Gasteiger partial charge in [0.15, 0.2) is 5.96 Å². The van der Waals surface area contributed by atoms with Crippen molar-refractivity contribution in [2.45, 2.75) is 32.9 Å². The first kappa shape index (κ1) is 23.8. The Hall–Kier alpha value is -1.19. The van der Waals surface area contributed by atoms with Crippen molar-refractivity contribution in [1.82, 2.24) is 10.6 Å². The third-order valence-electron chi connectivity index (χ3n) is 3.40. The largest absolute Gasteiger partial charge is 0.390 e. The molecule has 25 heavy (non-hydrogen) atoms. The zero-order valence-corrected chi connectivity index (χ0v) is 17.1. The van der Waals surface area contributed by atoms with Gasteiger partial charge in [-0.15, -0.1) is 24.0 Å². The topological polar surface area (TPSA) is 39.7 Å². The van der Waals surface area contributed by atoms with Crippen LogP contribution in [0.3, 0.4) is 0 Å². The molecule has 4 nitrogen and oxygen atoms in total. The lowest BCUT2D eigenvalue weighted by Crippen LogP contribution is -2.39. The minimum Gasteiger partial charge on any atom is -0.372 e. The Morgan fingerprint density at radius 3 is 2.36 bits per heavy atom. The first-order valence-corrected chi connectivity index (χ1v) is 8.35. The first-order valence-electron chi connectivity index (χ1n) is 8.35. The highest BCUT2D eigenvalue weighted by atomic mass is 127. The van der Waals surface area contributed by atoms with E-state index in [1.807, 2.05) is 25.1 Å². The molecule has 144 valence electrons. The van der Waals surface area contributed by atoms with E-state index in [9.17, 15) is 13.2 Å². The molecule has 0 spiro atoms. The van der Waals surface area contributed by atoms with E-state index in [1.165, 1.54) is 5.69 Å². The summed E-state index contributed by atoms with van der Waals surface area (Å²) in [5.41, 5.74) is 1.17. The highest BCUT2D eigenvalue weighted by Crippen LogP contribution is 2.18. The van der Waals surface area contributed by atoms with Gasteiger partial charge in [0.2, 0.25) is 0 Å². The van der Waals surface area contributed by atoms with Crippen LogP contribution in [0, 0.1) is 0 Å². The molecule has 1 aromatic carbocycles. The number of nitrogens with zero attached hydrogens (tertiary/aromatic N) is 2. The third-order valence-corrected chi connectivity index (χ3v) is 3.40. The molecular weight excluding hydrogens is 444 g/mol. The zero-order valence-electron chi connectivity index (χ0n) is 14.8. The van der Waals surface area contributed by atoms with Gasteiger partial charge in [-0.2, -0.15) is 13.2 Å². The van der Waals surface area contributed by atoms with Crippen molar-refractivity contribution < 1.29 is 13.2 Å². The standard InChI is InChI=1S/C17H27F3N4.HI/c1-3-21-16(23-13-11-17(18,19)20)22-12-8-14-24(4-2)15-9-6-5-7-10-15;/h5-7,9-10H,3-4,8,11-14H2,1-2H3,(H2,21,22,23);1H. The molecule has 0 radical (unpaired) electrons. The second-order valence-electron chi connectivity index (χ2n) is 5.32. The van der Waals surface area contributed by atoms with Crippen LogP contribution in [0.1, 0.15) is 26.7 Å². The summed E-state index contributed by atoms with van der Waals surface area (Å²) in [6, 6.07) is 10.1. The van der Waals surface area contributed by atoms with Crippen LogP contribution in [0.2, 0.25) is 0 Å². The second-order valence-corrected chi connectivity index (χ2v) is 5.32. The third kappa shape index (κ3) is 11.1. The Labute approximate surface area is 165 Å². The molecule has 0 unspecified atom stereocenters. The van der Waals surface area contributed by atoms with E-state index in [4.69, 9.17) is 0 Å². The maximum absolute atomic E-state index is 12.2. The van der Waals surface area contributed by atoms with Crippen molar-refractivity contribution in [2.24, 2.45) is 4.99 Å². The Morgan fingerprint density at radius 2 is 1.80 bits per heavy atom. The molecule has 0 saturated heterocycles. The summed E-state index contributed by atoms with van der Waals surface area (Å²) in [5.74, 6) is 0.435. The number of halogens is 4. The van der Waals surface area contributed by atoms with Gasteiger partial charge in [0.25, 0.3) is 0 Å². The SMILES string of the molecule is CCNC(=NCCCN(CC)c1ccccc1)NCCC(F)(F)F.I. The van der Waals surface area contributed by atoms with E-state index in [0.717, 1.165) is 19.5 Å². The molecule has 0 heterocycles. The Bertz CT molecular complexity index is 481. The van der Waals surface area contributed by atoms with Crippen molar-refractivity contribution in [2.75, 3.05) is 37.6 Å². The Balaban J connectivity index is 0.00000576. The number of aliphatic imine (C=N–C) groups is 1. The molecule has 0 fully saturated rings. The van der Waals surface area contributed by atoms with Gasteiger partial charge in [-0.05, 0) is 32.4 Å². The summed E-state index contributed by atoms with van der Waals surface area (Å²) in [6.07, 6.45) is -4.19. The number of anilines is 1. The quantitative estimate of drug-likeness (QED) is 0.247. The van der Waals surface area contributed by atoms with E-state index in [-0.39, 0.29) is 30.5 Å². The van der Waals surface area contributed by atoms with Crippen molar-refractivity contribution in [3.63, 3.8) is 0 Å². The number of benzene rings is 1. The summed E-state index contributed by atoms with van der Waals surface area (Å²) >= 11 is 0. The van der Waals surface area contributed by atoms with Gasteiger partial charge in [0.1, 0.15) is 0 Å². The fourth-order valence-electron chi connectivity index (χ4n) is 2.23. The van der Waals surface area contributed by atoms with Crippen molar-refractivity contribution in [1.29, 1.82) is 0 Å². The van der Waals surface area contributed by atoms with Crippen LogP contribution in [0.4, 0.5) is 18.9 Å². The minimum absolute atomic E-state index is 0. The summed E-state index contributed by atoms with van der Waals surface area (Å²) in [5, 5.41) is 5.68. The van der Waals surface area contributed by atoms with Gasteiger partial charge < -0.3 is 15.5 Å². The number of hydrogen-bond acceptors (Lipinski definition) is 2. The Morgan fingerprint density at radius 1 is 1.12 bits per heavy atom. The maximum atomic E-state index is 12.2. The number of para-hydroxylation sites is 1. The molecular formula is C17H28F3IN4. The first-order chi connectivity index (χ1) is 11.5. The zero-order chi connectivity index (χ0) is 17.8. The molecule has 8 heteroatoms. The van der Waals surface area contributed by atoms with Crippen LogP contribution in [-0.4, -0.2) is 44.9 Å². The molecule has 0 aliphatic carbocycles. The average molecular weight is 472 g/mol. The van der Waals surface area contributed by atoms with Gasteiger partial charge in [-0.1, -0.05) is 18.2 Å². The van der Waals surface area contributed by atoms with Crippen LogP contribution in [0.25, 0.3) is 0 Å².